The second kappa shape index (κ2) is 7.68. The van der Waals surface area contributed by atoms with Gasteiger partial charge in [-0.2, -0.15) is 0 Å². The highest BCUT2D eigenvalue weighted by Crippen LogP contribution is 2.28. The van der Waals surface area contributed by atoms with Gasteiger partial charge in [0, 0.05) is 11.9 Å². The predicted molar refractivity (Wildman–Crippen MR) is 107 cm³/mol. The van der Waals surface area contributed by atoms with Gasteiger partial charge in [0.1, 0.15) is 0 Å². The van der Waals surface area contributed by atoms with Crippen LogP contribution < -0.4 is 11.1 Å². The van der Waals surface area contributed by atoms with Crippen LogP contribution in [-0.4, -0.2) is 20.6 Å². The molecule has 2 aromatic rings. The summed E-state index contributed by atoms with van der Waals surface area (Å²) in [6, 6.07) is 11.0. The largest absolute Gasteiger partial charge is 0.370 e. The van der Waals surface area contributed by atoms with Gasteiger partial charge in [-0.25, -0.2) is 13.4 Å². The lowest BCUT2D eigenvalue weighted by molar-refractivity contribution is 0.602. The molecule has 0 bridgehead atoms. The first-order valence-electron chi connectivity index (χ1n) is 8.51. The fraction of sp³-hybridized carbons (Fsp3) is 0.316. The first-order chi connectivity index (χ1) is 12.3. The number of hydrogen-bond donors (Lipinski definition) is 2. The van der Waals surface area contributed by atoms with Crippen molar-refractivity contribution in [3.8, 4) is 0 Å². The molecule has 0 aliphatic heterocycles. The van der Waals surface area contributed by atoms with Crippen molar-refractivity contribution < 1.29 is 8.42 Å². The third-order valence-electron chi connectivity index (χ3n) is 4.49. The Labute approximate surface area is 159 Å². The Morgan fingerprint density at radius 2 is 2.00 bits per heavy atom. The number of fused-ring (bicyclic) bond motifs is 1. The Morgan fingerprint density at radius 3 is 2.73 bits per heavy atom. The summed E-state index contributed by atoms with van der Waals surface area (Å²) >= 11 is 6.06. The molecule has 0 radical (unpaired) electrons. The summed E-state index contributed by atoms with van der Waals surface area (Å²) in [5.74, 6) is 0.326. The number of nitrogens with zero attached hydrogens (tertiary/aromatic N) is 1. The lowest BCUT2D eigenvalue weighted by Gasteiger charge is -2.19. The highest BCUT2D eigenvalue weighted by molar-refractivity contribution is 7.90. The molecular formula is C19H22ClN3O2S. The average Bonchev–Trinajstić information content (AvgIpc) is 2.59. The molecule has 0 unspecified atom stereocenters. The molecule has 0 heterocycles. The van der Waals surface area contributed by atoms with E-state index in [0.29, 0.717) is 12.5 Å². The molecular weight excluding hydrogens is 370 g/mol. The van der Waals surface area contributed by atoms with Crippen molar-refractivity contribution in [3.63, 3.8) is 0 Å². The van der Waals surface area contributed by atoms with E-state index in [1.54, 1.807) is 12.1 Å². The van der Waals surface area contributed by atoms with Gasteiger partial charge < -0.3 is 11.1 Å². The number of anilines is 1. The molecule has 0 atom stereocenters. The minimum Gasteiger partial charge on any atom is -0.370 e. The van der Waals surface area contributed by atoms with Crippen LogP contribution in [0.1, 0.15) is 29.5 Å². The molecule has 0 saturated carbocycles. The summed E-state index contributed by atoms with van der Waals surface area (Å²) in [5.41, 5.74) is 10.5. The summed E-state index contributed by atoms with van der Waals surface area (Å²) in [4.78, 5) is 4.47. The number of halogens is 1. The van der Waals surface area contributed by atoms with Crippen molar-refractivity contribution >= 4 is 33.1 Å². The van der Waals surface area contributed by atoms with Crippen molar-refractivity contribution in [2.24, 2.45) is 10.7 Å². The summed E-state index contributed by atoms with van der Waals surface area (Å²) < 4.78 is 23.2. The van der Waals surface area contributed by atoms with Crippen LogP contribution in [0.4, 0.5) is 5.69 Å². The molecule has 7 heteroatoms. The fourth-order valence-corrected chi connectivity index (χ4v) is 4.55. The van der Waals surface area contributed by atoms with E-state index in [0.717, 1.165) is 30.3 Å². The molecule has 0 saturated heterocycles. The van der Waals surface area contributed by atoms with Crippen LogP contribution in [0.3, 0.4) is 0 Å². The Bertz CT molecular complexity index is 955. The second-order valence-corrected chi connectivity index (χ2v) is 8.91. The van der Waals surface area contributed by atoms with Gasteiger partial charge in [-0.15, -0.1) is 0 Å². The zero-order valence-electron chi connectivity index (χ0n) is 14.6. The van der Waals surface area contributed by atoms with Crippen molar-refractivity contribution in [3.05, 3.63) is 58.1 Å². The Balaban J connectivity index is 1.73. The number of hydrogen-bond acceptors (Lipinski definition) is 3. The number of aryl methyl sites for hydroxylation is 1. The molecule has 2 aromatic carbocycles. The Hall–Kier alpha value is -2.05. The van der Waals surface area contributed by atoms with Crippen LogP contribution in [0, 0.1) is 0 Å². The molecule has 1 aliphatic rings. The molecule has 138 valence electrons. The second-order valence-electron chi connectivity index (χ2n) is 6.51. The topological polar surface area (TPSA) is 84.5 Å². The fourth-order valence-electron chi connectivity index (χ4n) is 3.20. The summed E-state index contributed by atoms with van der Waals surface area (Å²) in [7, 11) is -3.34. The third kappa shape index (κ3) is 4.37. The molecule has 26 heavy (non-hydrogen) atoms. The van der Waals surface area contributed by atoms with Crippen molar-refractivity contribution in [1.29, 1.82) is 0 Å². The highest BCUT2D eigenvalue weighted by Gasteiger charge is 2.14. The quantitative estimate of drug-likeness (QED) is 0.616. The normalized spacial score (nSPS) is 14.8. The van der Waals surface area contributed by atoms with Crippen LogP contribution in [0.2, 0.25) is 5.02 Å². The minimum atomic E-state index is -3.34. The molecule has 3 N–H and O–H groups in total. The average molecular weight is 392 g/mol. The maximum atomic E-state index is 11.6. The van der Waals surface area contributed by atoms with Crippen molar-refractivity contribution in [2.75, 3.05) is 11.6 Å². The first-order valence-corrected chi connectivity index (χ1v) is 10.8. The van der Waals surface area contributed by atoms with Gasteiger partial charge in [0.25, 0.3) is 0 Å². The van der Waals surface area contributed by atoms with Gasteiger partial charge in [0.15, 0.2) is 15.8 Å². The number of nitrogens with two attached hydrogens (primary N) is 1. The van der Waals surface area contributed by atoms with Gasteiger partial charge in [-0.1, -0.05) is 29.8 Å². The molecule has 0 spiro atoms. The molecule has 0 amide bonds. The van der Waals surface area contributed by atoms with Crippen LogP contribution in [0.15, 0.2) is 46.3 Å². The van der Waals surface area contributed by atoms with Crippen LogP contribution in [-0.2, 0) is 29.2 Å². The minimum absolute atomic E-state index is 0.119. The van der Waals surface area contributed by atoms with Crippen LogP contribution in [0.25, 0.3) is 0 Å². The van der Waals surface area contributed by atoms with E-state index >= 15 is 0 Å². The number of aliphatic imine (C=N–C) groups is 1. The number of guanidine groups is 1. The first kappa shape index (κ1) is 18.7. The lowest BCUT2D eigenvalue weighted by atomic mass is 9.90. The van der Waals surface area contributed by atoms with Gasteiger partial charge in [0.2, 0.25) is 0 Å². The predicted octanol–water partition coefficient (Wildman–Crippen LogP) is 3.55. The zero-order chi connectivity index (χ0) is 18.7. The standard InChI is InChI=1S/C19H22ClN3O2S/c1-26(24,25)18-10-9-13(11-16(18)20)12-22-19(21)23-17-8-4-6-14-5-2-3-7-15(14)17/h4,6,8-11H,2-3,5,7,12H2,1H3,(H3,21,22,23). The van der Waals surface area contributed by atoms with E-state index in [4.69, 9.17) is 17.3 Å². The number of rotatable bonds is 4. The maximum Gasteiger partial charge on any atom is 0.193 e. The lowest BCUT2D eigenvalue weighted by Crippen LogP contribution is -2.24. The molecule has 1 aliphatic carbocycles. The van der Waals surface area contributed by atoms with Gasteiger partial charge >= 0.3 is 0 Å². The van der Waals surface area contributed by atoms with E-state index in [9.17, 15) is 8.42 Å². The molecule has 0 fully saturated rings. The van der Waals surface area contributed by atoms with E-state index < -0.39 is 9.84 Å². The van der Waals surface area contributed by atoms with E-state index in [1.165, 1.54) is 30.0 Å². The number of nitrogens with one attached hydrogen (secondary N) is 1. The molecule has 3 rings (SSSR count). The Kier molecular flexibility index (Phi) is 5.53. The maximum absolute atomic E-state index is 11.6. The van der Waals surface area contributed by atoms with E-state index in [-0.39, 0.29) is 9.92 Å². The smallest absolute Gasteiger partial charge is 0.193 e. The van der Waals surface area contributed by atoms with Gasteiger partial charge in [-0.3, -0.25) is 0 Å². The molecule has 5 nitrogen and oxygen atoms in total. The van der Waals surface area contributed by atoms with E-state index in [1.807, 2.05) is 12.1 Å². The number of benzene rings is 2. The molecule has 0 aromatic heterocycles. The summed E-state index contributed by atoms with van der Waals surface area (Å²) in [5, 5.41) is 3.39. The number of sulfone groups is 1. The SMILES string of the molecule is CS(=O)(=O)c1ccc(CN=C(N)Nc2cccc3c2CCCC3)cc1Cl. The van der Waals surface area contributed by atoms with Crippen LogP contribution >= 0.6 is 11.6 Å². The summed E-state index contributed by atoms with van der Waals surface area (Å²) in [6.45, 7) is 0.317. The zero-order valence-corrected chi connectivity index (χ0v) is 16.2. The van der Waals surface area contributed by atoms with Crippen molar-refractivity contribution in [2.45, 2.75) is 37.1 Å². The van der Waals surface area contributed by atoms with Crippen LogP contribution in [0.5, 0.6) is 0 Å². The third-order valence-corrected chi connectivity index (χ3v) is 6.07. The highest BCUT2D eigenvalue weighted by atomic mass is 35.5. The van der Waals surface area contributed by atoms with E-state index in [2.05, 4.69) is 16.4 Å². The monoisotopic (exact) mass is 391 g/mol. The van der Waals surface area contributed by atoms with Gasteiger partial charge in [0.05, 0.1) is 16.5 Å². The Morgan fingerprint density at radius 1 is 1.23 bits per heavy atom. The van der Waals surface area contributed by atoms with Crippen molar-refractivity contribution in [1.82, 2.24) is 0 Å². The summed E-state index contributed by atoms with van der Waals surface area (Å²) in [6.07, 6.45) is 5.70. The van der Waals surface area contributed by atoms with Gasteiger partial charge in [-0.05, 0) is 60.6 Å².